The summed E-state index contributed by atoms with van der Waals surface area (Å²) in [6.07, 6.45) is 3.19. The molecule has 0 radical (unpaired) electrons. The monoisotopic (exact) mass is 499 g/mol. The predicted molar refractivity (Wildman–Crippen MR) is 145 cm³/mol. The highest BCUT2D eigenvalue weighted by molar-refractivity contribution is 6.51. The molecule has 6 nitrogen and oxygen atoms in total. The minimum absolute atomic E-state index is 0.0361. The number of rotatable bonds is 9. The Balaban J connectivity index is 1.80. The van der Waals surface area contributed by atoms with Gasteiger partial charge in [-0.2, -0.15) is 0 Å². The Hall–Kier alpha value is -4.06. The van der Waals surface area contributed by atoms with Gasteiger partial charge in [-0.3, -0.25) is 14.5 Å². The zero-order valence-corrected chi connectivity index (χ0v) is 21.8. The molecule has 0 saturated carbocycles. The molecule has 192 valence electrons. The third-order valence-corrected chi connectivity index (χ3v) is 6.48. The Morgan fingerprint density at radius 1 is 0.919 bits per heavy atom. The third kappa shape index (κ3) is 5.53. The van der Waals surface area contributed by atoms with Gasteiger partial charge in [0, 0.05) is 11.3 Å². The Bertz CT molecular complexity index is 1310. The molecular weight excluding hydrogens is 466 g/mol. The highest BCUT2D eigenvalue weighted by Gasteiger charge is 2.47. The Kier molecular flexibility index (Phi) is 7.97. The summed E-state index contributed by atoms with van der Waals surface area (Å²) in [7, 11) is 1.56. The smallest absolute Gasteiger partial charge is 0.300 e. The summed E-state index contributed by atoms with van der Waals surface area (Å²) in [4.78, 5) is 28.3. The van der Waals surface area contributed by atoms with Crippen molar-refractivity contribution in [1.82, 2.24) is 0 Å². The van der Waals surface area contributed by atoms with E-state index in [2.05, 4.69) is 6.92 Å². The lowest BCUT2D eigenvalue weighted by Gasteiger charge is -2.26. The minimum atomic E-state index is -0.818. The average molecular weight is 500 g/mol. The van der Waals surface area contributed by atoms with E-state index < -0.39 is 17.7 Å². The highest BCUT2D eigenvalue weighted by Crippen LogP contribution is 2.43. The van der Waals surface area contributed by atoms with E-state index in [1.54, 1.807) is 49.6 Å². The van der Waals surface area contributed by atoms with Gasteiger partial charge >= 0.3 is 0 Å². The zero-order valence-electron chi connectivity index (χ0n) is 21.8. The number of aliphatic hydroxyl groups excluding tert-OH is 1. The molecule has 0 bridgehead atoms. The Labute approximate surface area is 218 Å². The Morgan fingerprint density at radius 3 is 2.27 bits per heavy atom. The number of unbranched alkanes of at least 4 members (excludes halogenated alkanes) is 2. The number of ketones is 1. The van der Waals surface area contributed by atoms with Crippen molar-refractivity contribution in [2.45, 2.75) is 46.1 Å². The molecule has 1 fully saturated rings. The molecule has 37 heavy (non-hydrogen) atoms. The second-order valence-corrected chi connectivity index (χ2v) is 9.37. The van der Waals surface area contributed by atoms with E-state index in [1.165, 1.54) is 4.90 Å². The highest BCUT2D eigenvalue weighted by atomic mass is 16.5. The third-order valence-electron chi connectivity index (χ3n) is 6.48. The molecule has 0 spiro atoms. The summed E-state index contributed by atoms with van der Waals surface area (Å²) < 4.78 is 11.2. The summed E-state index contributed by atoms with van der Waals surface area (Å²) in [5.41, 5.74) is 3.67. The number of nitrogens with zero attached hydrogens (tertiary/aromatic N) is 1. The lowest BCUT2D eigenvalue weighted by molar-refractivity contribution is -0.132. The summed E-state index contributed by atoms with van der Waals surface area (Å²) >= 11 is 0. The first-order valence-electron chi connectivity index (χ1n) is 12.6. The number of aryl methyl sites for hydroxylation is 2. The molecule has 1 saturated heterocycles. The zero-order chi connectivity index (χ0) is 26.5. The largest absolute Gasteiger partial charge is 0.507 e. The molecule has 3 aromatic carbocycles. The quantitative estimate of drug-likeness (QED) is 0.157. The predicted octanol–water partition coefficient (Wildman–Crippen LogP) is 6.51. The molecule has 3 aromatic rings. The van der Waals surface area contributed by atoms with Crippen molar-refractivity contribution >= 4 is 23.1 Å². The van der Waals surface area contributed by atoms with Crippen LogP contribution in [0.2, 0.25) is 0 Å². The van der Waals surface area contributed by atoms with E-state index in [0.717, 1.165) is 30.4 Å². The van der Waals surface area contributed by atoms with Crippen molar-refractivity contribution < 1.29 is 24.2 Å². The first kappa shape index (κ1) is 26.0. The molecule has 1 aliphatic rings. The molecule has 6 heteroatoms. The van der Waals surface area contributed by atoms with Crippen molar-refractivity contribution in [3.8, 4) is 11.5 Å². The number of carbonyl (C=O) groups excluding carboxylic acids is 2. The second-order valence-electron chi connectivity index (χ2n) is 9.37. The normalized spacial score (nSPS) is 16.8. The number of anilines is 1. The van der Waals surface area contributed by atoms with Crippen molar-refractivity contribution in [1.29, 1.82) is 0 Å². The van der Waals surface area contributed by atoms with Gasteiger partial charge in [0.1, 0.15) is 17.3 Å². The number of methoxy groups -OCH3 is 1. The van der Waals surface area contributed by atoms with Gasteiger partial charge in [-0.15, -0.1) is 0 Å². The van der Waals surface area contributed by atoms with Crippen LogP contribution in [0, 0.1) is 13.8 Å². The van der Waals surface area contributed by atoms with Crippen LogP contribution in [0.25, 0.3) is 5.76 Å². The summed E-state index contributed by atoms with van der Waals surface area (Å²) in [6.45, 7) is 6.65. The molecular formula is C31H33NO5. The van der Waals surface area contributed by atoms with Crippen LogP contribution in [0.4, 0.5) is 5.69 Å². The molecule has 1 amide bonds. The van der Waals surface area contributed by atoms with E-state index in [-0.39, 0.29) is 11.3 Å². The molecule has 1 aliphatic heterocycles. The van der Waals surface area contributed by atoms with E-state index in [0.29, 0.717) is 34.9 Å². The van der Waals surface area contributed by atoms with E-state index in [9.17, 15) is 14.7 Å². The van der Waals surface area contributed by atoms with Crippen molar-refractivity contribution in [3.05, 3.63) is 94.6 Å². The van der Waals surface area contributed by atoms with Crippen LogP contribution in [0.1, 0.15) is 54.5 Å². The standard InChI is InChI=1S/C31H33NO5/c1-5-6-7-15-37-25-13-11-22(12-14-25)29(33)27-28(23-9-8-10-26(19-23)36-4)32(31(35)30(27)34)24-17-20(2)16-21(3)18-24/h8-14,16-19,28,33H,5-7,15H2,1-4H3/b29-27+. The van der Waals surface area contributed by atoms with Gasteiger partial charge in [0.2, 0.25) is 0 Å². The van der Waals surface area contributed by atoms with E-state index in [1.807, 2.05) is 38.1 Å². The molecule has 0 aromatic heterocycles. The van der Waals surface area contributed by atoms with Crippen LogP contribution in [-0.4, -0.2) is 30.5 Å². The molecule has 1 unspecified atom stereocenters. The van der Waals surface area contributed by atoms with Crippen LogP contribution in [0.5, 0.6) is 11.5 Å². The number of hydrogen-bond donors (Lipinski definition) is 1. The topological polar surface area (TPSA) is 76.1 Å². The number of hydrogen-bond acceptors (Lipinski definition) is 5. The Morgan fingerprint density at radius 2 is 1.62 bits per heavy atom. The van der Waals surface area contributed by atoms with Crippen LogP contribution in [0.3, 0.4) is 0 Å². The van der Waals surface area contributed by atoms with Crippen LogP contribution in [0.15, 0.2) is 72.3 Å². The molecule has 1 atom stereocenters. The summed E-state index contributed by atoms with van der Waals surface area (Å²) in [5, 5.41) is 11.4. The van der Waals surface area contributed by atoms with Gasteiger partial charge in [-0.25, -0.2) is 0 Å². The molecule has 1 N–H and O–H groups in total. The van der Waals surface area contributed by atoms with Gasteiger partial charge in [0.15, 0.2) is 0 Å². The molecule has 1 heterocycles. The summed E-state index contributed by atoms with van der Waals surface area (Å²) in [5.74, 6) is -0.365. The maximum atomic E-state index is 13.4. The lowest BCUT2D eigenvalue weighted by atomic mass is 9.94. The van der Waals surface area contributed by atoms with Gasteiger partial charge in [-0.1, -0.05) is 38.0 Å². The molecule has 0 aliphatic carbocycles. The number of amides is 1. The number of benzene rings is 3. The first-order chi connectivity index (χ1) is 17.8. The van der Waals surface area contributed by atoms with E-state index in [4.69, 9.17) is 9.47 Å². The lowest BCUT2D eigenvalue weighted by Crippen LogP contribution is -2.29. The van der Waals surface area contributed by atoms with Crippen LogP contribution in [-0.2, 0) is 9.59 Å². The minimum Gasteiger partial charge on any atom is -0.507 e. The average Bonchev–Trinajstić information content (AvgIpc) is 3.16. The number of Topliss-reactive ketones (excluding diaryl/α,β-unsaturated/α-hetero) is 1. The maximum absolute atomic E-state index is 13.4. The number of ether oxygens (including phenoxy) is 2. The fourth-order valence-corrected chi connectivity index (χ4v) is 4.72. The fourth-order valence-electron chi connectivity index (χ4n) is 4.72. The van der Waals surface area contributed by atoms with Gasteiger partial charge in [0.05, 0.1) is 25.3 Å². The maximum Gasteiger partial charge on any atom is 0.300 e. The van der Waals surface area contributed by atoms with Gasteiger partial charge in [-0.05, 0) is 85.5 Å². The van der Waals surface area contributed by atoms with Gasteiger partial charge < -0.3 is 14.6 Å². The SMILES string of the molecule is CCCCCOc1ccc(/C(O)=C2\C(=O)C(=O)N(c3cc(C)cc(C)c3)C2c2cccc(OC)c2)cc1. The van der Waals surface area contributed by atoms with Crippen molar-refractivity contribution in [3.63, 3.8) is 0 Å². The fraction of sp³-hybridized carbons (Fsp3) is 0.290. The summed E-state index contributed by atoms with van der Waals surface area (Å²) in [6, 6.07) is 19.1. The number of carbonyl (C=O) groups is 2. The van der Waals surface area contributed by atoms with Crippen molar-refractivity contribution in [2.24, 2.45) is 0 Å². The van der Waals surface area contributed by atoms with Crippen LogP contribution >= 0.6 is 0 Å². The second kappa shape index (κ2) is 11.3. The number of aliphatic hydroxyl groups is 1. The van der Waals surface area contributed by atoms with Gasteiger partial charge in [0.25, 0.3) is 11.7 Å². The molecule has 4 rings (SSSR count). The van der Waals surface area contributed by atoms with E-state index >= 15 is 0 Å². The van der Waals surface area contributed by atoms with Crippen molar-refractivity contribution in [2.75, 3.05) is 18.6 Å². The van der Waals surface area contributed by atoms with Crippen LogP contribution < -0.4 is 14.4 Å². The first-order valence-corrected chi connectivity index (χ1v) is 12.6.